The molecule has 132 valence electrons. The minimum atomic E-state index is -0.418. The lowest BCUT2D eigenvalue weighted by Gasteiger charge is -2.09. The van der Waals surface area contributed by atoms with E-state index in [1.165, 1.54) is 11.3 Å². The molecule has 2 aromatic rings. The summed E-state index contributed by atoms with van der Waals surface area (Å²) >= 11 is 1.41. The first-order chi connectivity index (χ1) is 12.0. The third kappa shape index (κ3) is 4.57. The molecular formula is C20H23NO3S. The molecule has 0 saturated heterocycles. The van der Waals surface area contributed by atoms with Gasteiger partial charge in [0, 0.05) is 16.4 Å². The summed E-state index contributed by atoms with van der Waals surface area (Å²) in [7, 11) is 0. The molecule has 5 heteroatoms. The van der Waals surface area contributed by atoms with Crippen LogP contribution in [0.3, 0.4) is 0 Å². The van der Waals surface area contributed by atoms with Crippen LogP contribution in [0.4, 0.5) is 5.00 Å². The van der Waals surface area contributed by atoms with E-state index in [2.05, 4.69) is 24.4 Å². The molecule has 0 aliphatic heterocycles. The van der Waals surface area contributed by atoms with Crippen LogP contribution in [-0.4, -0.2) is 18.5 Å². The number of esters is 1. The Labute approximate surface area is 152 Å². The molecule has 0 fully saturated rings. The van der Waals surface area contributed by atoms with E-state index >= 15 is 0 Å². The Bertz CT molecular complexity index is 777. The van der Waals surface area contributed by atoms with E-state index in [1.54, 1.807) is 26.8 Å². The number of hydrogen-bond acceptors (Lipinski definition) is 4. The minimum absolute atomic E-state index is 0.118. The number of thiophene rings is 1. The van der Waals surface area contributed by atoms with Crippen LogP contribution >= 0.6 is 11.3 Å². The van der Waals surface area contributed by atoms with Gasteiger partial charge in [-0.15, -0.1) is 11.3 Å². The summed E-state index contributed by atoms with van der Waals surface area (Å²) in [5, 5.41) is 3.37. The lowest BCUT2D eigenvalue weighted by Crippen LogP contribution is -2.14. The third-order valence-electron chi connectivity index (χ3n) is 3.99. The zero-order chi connectivity index (χ0) is 18.4. The molecule has 4 nitrogen and oxygen atoms in total. The largest absolute Gasteiger partial charge is 0.462 e. The SMILES string of the molecule is C/C=C(\C)C(=O)Nc1sc([C@@H](C)c2ccccc2)cc1C(=O)OCC. The van der Waals surface area contributed by atoms with Gasteiger partial charge in [0.1, 0.15) is 5.00 Å². The molecule has 0 saturated carbocycles. The van der Waals surface area contributed by atoms with E-state index in [0.29, 0.717) is 22.7 Å². The molecule has 1 aromatic heterocycles. The summed E-state index contributed by atoms with van der Waals surface area (Å²) in [6.07, 6.45) is 1.74. The molecule has 1 N–H and O–H groups in total. The van der Waals surface area contributed by atoms with Gasteiger partial charge in [-0.1, -0.05) is 43.3 Å². The Kier molecular flexibility index (Phi) is 6.53. The van der Waals surface area contributed by atoms with Crippen LogP contribution < -0.4 is 5.32 Å². The summed E-state index contributed by atoms with van der Waals surface area (Å²) in [5.41, 5.74) is 2.16. The second-order valence-corrected chi connectivity index (χ2v) is 6.75. The second-order valence-electron chi connectivity index (χ2n) is 5.67. The van der Waals surface area contributed by atoms with Gasteiger partial charge in [-0.2, -0.15) is 0 Å². The number of amides is 1. The van der Waals surface area contributed by atoms with Crippen molar-refractivity contribution in [2.24, 2.45) is 0 Å². The molecule has 0 aliphatic carbocycles. The molecule has 1 amide bonds. The second kappa shape index (κ2) is 8.62. The van der Waals surface area contributed by atoms with Crippen molar-refractivity contribution in [3.05, 3.63) is 64.1 Å². The van der Waals surface area contributed by atoms with Crippen LogP contribution in [0.15, 0.2) is 48.0 Å². The fraction of sp³-hybridized carbons (Fsp3) is 0.300. The smallest absolute Gasteiger partial charge is 0.341 e. The first kappa shape index (κ1) is 18.9. The van der Waals surface area contributed by atoms with Gasteiger partial charge in [-0.05, 0) is 32.4 Å². The zero-order valence-electron chi connectivity index (χ0n) is 15.0. The summed E-state index contributed by atoms with van der Waals surface area (Å²) in [4.78, 5) is 25.5. The van der Waals surface area contributed by atoms with E-state index in [0.717, 1.165) is 10.4 Å². The molecular weight excluding hydrogens is 334 g/mol. The van der Waals surface area contributed by atoms with Gasteiger partial charge < -0.3 is 10.1 Å². The van der Waals surface area contributed by atoms with Crippen molar-refractivity contribution < 1.29 is 14.3 Å². The van der Waals surface area contributed by atoms with E-state index < -0.39 is 5.97 Å². The predicted octanol–water partition coefficient (Wildman–Crippen LogP) is 4.98. The number of nitrogens with one attached hydrogen (secondary N) is 1. The molecule has 0 radical (unpaired) electrons. The Morgan fingerprint density at radius 1 is 1.28 bits per heavy atom. The highest BCUT2D eigenvalue weighted by Crippen LogP contribution is 2.36. The maximum atomic E-state index is 12.3. The molecule has 0 bridgehead atoms. The first-order valence-electron chi connectivity index (χ1n) is 8.28. The van der Waals surface area contributed by atoms with Crippen molar-refractivity contribution in [1.82, 2.24) is 0 Å². The highest BCUT2D eigenvalue weighted by Gasteiger charge is 2.22. The van der Waals surface area contributed by atoms with Crippen LogP contribution in [0.5, 0.6) is 0 Å². The van der Waals surface area contributed by atoms with Gasteiger partial charge in [0.15, 0.2) is 0 Å². The fourth-order valence-electron chi connectivity index (χ4n) is 2.32. The normalized spacial score (nSPS) is 12.6. The highest BCUT2D eigenvalue weighted by atomic mass is 32.1. The summed E-state index contributed by atoms with van der Waals surface area (Å²) in [6, 6.07) is 11.9. The monoisotopic (exact) mass is 357 g/mol. The fourth-order valence-corrected chi connectivity index (χ4v) is 3.44. The minimum Gasteiger partial charge on any atom is -0.462 e. The van der Waals surface area contributed by atoms with Crippen LogP contribution in [0, 0.1) is 0 Å². The number of rotatable bonds is 6. The predicted molar refractivity (Wildman–Crippen MR) is 102 cm³/mol. The van der Waals surface area contributed by atoms with Crippen LogP contribution in [0.1, 0.15) is 54.4 Å². The van der Waals surface area contributed by atoms with E-state index in [-0.39, 0.29) is 11.8 Å². The number of carbonyl (C=O) groups excluding carboxylic acids is 2. The highest BCUT2D eigenvalue weighted by molar-refractivity contribution is 7.16. The first-order valence-corrected chi connectivity index (χ1v) is 9.09. The van der Waals surface area contributed by atoms with Crippen molar-refractivity contribution in [3.8, 4) is 0 Å². The van der Waals surface area contributed by atoms with Gasteiger partial charge in [0.2, 0.25) is 0 Å². The maximum Gasteiger partial charge on any atom is 0.341 e. The molecule has 0 aliphatic rings. The number of carbonyl (C=O) groups is 2. The Morgan fingerprint density at radius 3 is 2.56 bits per heavy atom. The van der Waals surface area contributed by atoms with Gasteiger partial charge in [-0.25, -0.2) is 4.79 Å². The molecule has 2 rings (SSSR count). The molecule has 0 unspecified atom stereocenters. The van der Waals surface area contributed by atoms with Crippen molar-refractivity contribution in [2.45, 2.75) is 33.6 Å². The van der Waals surface area contributed by atoms with Crippen LogP contribution in [-0.2, 0) is 9.53 Å². The van der Waals surface area contributed by atoms with Crippen molar-refractivity contribution >= 4 is 28.2 Å². The van der Waals surface area contributed by atoms with E-state index in [9.17, 15) is 9.59 Å². The average Bonchev–Trinajstić information content (AvgIpc) is 3.05. The van der Waals surface area contributed by atoms with Gasteiger partial charge >= 0.3 is 5.97 Å². The summed E-state index contributed by atoms with van der Waals surface area (Å²) in [6.45, 7) is 7.68. The van der Waals surface area contributed by atoms with Gasteiger partial charge in [0.05, 0.1) is 12.2 Å². The standard InChI is InChI=1S/C20H23NO3S/c1-5-13(3)18(22)21-19-16(20(23)24-6-2)12-17(25-19)14(4)15-10-8-7-9-11-15/h5,7-12,14H,6H2,1-4H3,(H,21,22)/b13-5+/t14-/m0/s1. The maximum absolute atomic E-state index is 12.3. The molecule has 25 heavy (non-hydrogen) atoms. The lowest BCUT2D eigenvalue weighted by molar-refractivity contribution is -0.112. The van der Waals surface area contributed by atoms with Gasteiger partial charge in [-0.3, -0.25) is 4.79 Å². The Morgan fingerprint density at radius 2 is 1.96 bits per heavy atom. The number of ether oxygens (including phenoxy) is 1. The number of allylic oxidation sites excluding steroid dienone is 1. The number of hydrogen-bond donors (Lipinski definition) is 1. The average molecular weight is 357 g/mol. The molecule has 1 aromatic carbocycles. The van der Waals surface area contributed by atoms with Gasteiger partial charge in [0.25, 0.3) is 5.91 Å². The number of benzene rings is 1. The lowest BCUT2D eigenvalue weighted by atomic mass is 9.99. The summed E-state index contributed by atoms with van der Waals surface area (Å²) < 4.78 is 5.14. The van der Waals surface area contributed by atoms with Crippen molar-refractivity contribution in [3.63, 3.8) is 0 Å². The third-order valence-corrected chi connectivity index (χ3v) is 5.22. The van der Waals surface area contributed by atoms with E-state index in [4.69, 9.17) is 4.74 Å². The quantitative estimate of drug-likeness (QED) is 0.586. The molecule has 1 heterocycles. The van der Waals surface area contributed by atoms with Crippen LogP contribution in [0.25, 0.3) is 0 Å². The Balaban J connectivity index is 2.38. The van der Waals surface area contributed by atoms with Crippen molar-refractivity contribution in [1.29, 1.82) is 0 Å². The molecule has 1 atom stereocenters. The van der Waals surface area contributed by atoms with Crippen molar-refractivity contribution in [2.75, 3.05) is 11.9 Å². The number of anilines is 1. The summed E-state index contributed by atoms with van der Waals surface area (Å²) in [5.74, 6) is -0.514. The topological polar surface area (TPSA) is 55.4 Å². The van der Waals surface area contributed by atoms with Crippen LogP contribution in [0.2, 0.25) is 0 Å². The zero-order valence-corrected chi connectivity index (χ0v) is 15.8. The van der Waals surface area contributed by atoms with E-state index in [1.807, 2.05) is 24.3 Å². The molecule has 0 spiro atoms. The Hall–Kier alpha value is -2.40.